The molecule has 0 saturated heterocycles. The number of hydrogen-bond donors (Lipinski definition) is 0. The summed E-state index contributed by atoms with van der Waals surface area (Å²) in [6, 6.07) is 31.6. The molecule has 0 aliphatic heterocycles. The Balaban J connectivity index is 1.88. The van der Waals surface area contributed by atoms with Gasteiger partial charge in [-0.3, -0.25) is 0 Å². The summed E-state index contributed by atoms with van der Waals surface area (Å²) in [6.07, 6.45) is 0. The average molecular weight is 447 g/mol. The van der Waals surface area contributed by atoms with E-state index in [-0.39, 0.29) is 0 Å². The maximum Gasteiger partial charge on any atom is 0.0497 e. The van der Waals surface area contributed by atoms with E-state index in [2.05, 4.69) is 23.7 Å². The average Bonchev–Trinajstić information content (AvgIpc) is 2.83. The van der Waals surface area contributed by atoms with Crippen LogP contribution in [0.3, 0.4) is 0 Å². The maximum atomic E-state index is 6.73. The van der Waals surface area contributed by atoms with E-state index in [0.717, 1.165) is 43.8 Å². The number of halogens is 2. The van der Waals surface area contributed by atoms with Crippen LogP contribution in [-0.2, 0) is 0 Å². The topological polar surface area (TPSA) is 0 Å². The van der Waals surface area contributed by atoms with Gasteiger partial charge in [0.25, 0.3) is 0 Å². The number of rotatable bonds is 0. The second-order valence-electron chi connectivity index (χ2n) is 7.31. The van der Waals surface area contributed by atoms with Gasteiger partial charge in [0.1, 0.15) is 0 Å². The Labute approximate surface area is 197 Å². The first kappa shape index (κ1) is 20.2. The Morgan fingerprint density at radius 1 is 0.406 bits per heavy atom. The molecule has 0 spiro atoms. The highest BCUT2D eigenvalue weighted by atomic mass is 35.5. The summed E-state index contributed by atoms with van der Waals surface area (Å²) in [6.45, 7) is 0. The van der Waals surface area contributed by atoms with Crippen molar-refractivity contribution in [2.24, 2.45) is 0 Å². The molecule has 0 unspecified atom stereocenters. The van der Waals surface area contributed by atoms with E-state index >= 15 is 0 Å². The molecule has 5 rings (SSSR count). The van der Waals surface area contributed by atoms with Crippen LogP contribution in [0.25, 0.3) is 21.5 Å². The van der Waals surface area contributed by atoms with Crippen molar-refractivity contribution in [2.75, 3.05) is 0 Å². The Morgan fingerprint density at radius 3 is 1.31 bits per heavy atom. The van der Waals surface area contributed by atoms with Crippen molar-refractivity contribution in [3.05, 3.63) is 129 Å². The molecule has 0 N–H and O–H groups in total. The molecule has 0 nitrogen and oxygen atoms in total. The lowest BCUT2D eigenvalue weighted by Gasteiger charge is -2.13. The van der Waals surface area contributed by atoms with Gasteiger partial charge in [0.15, 0.2) is 0 Å². The van der Waals surface area contributed by atoms with Crippen molar-refractivity contribution in [1.29, 1.82) is 0 Å². The summed E-state index contributed by atoms with van der Waals surface area (Å²) in [7, 11) is 0. The molecule has 5 aromatic carbocycles. The smallest absolute Gasteiger partial charge is 0.0497 e. The van der Waals surface area contributed by atoms with Gasteiger partial charge in [-0.25, -0.2) is 0 Å². The van der Waals surface area contributed by atoms with Crippen molar-refractivity contribution < 1.29 is 0 Å². The molecule has 5 aromatic rings. The van der Waals surface area contributed by atoms with E-state index in [9.17, 15) is 0 Å². The third-order valence-electron chi connectivity index (χ3n) is 5.28. The first-order chi connectivity index (χ1) is 15.7. The molecule has 32 heavy (non-hydrogen) atoms. The van der Waals surface area contributed by atoms with Gasteiger partial charge in [0.05, 0.1) is 0 Å². The van der Waals surface area contributed by atoms with Crippen LogP contribution in [0.1, 0.15) is 22.3 Å². The Bertz CT molecular complexity index is 1510. The van der Waals surface area contributed by atoms with Gasteiger partial charge in [-0.1, -0.05) is 108 Å². The predicted molar refractivity (Wildman–Crippen MR) is 136 cm³/mol. The van der Waals surface area contributed by atoms with Crippen molar-refractivity contribution in [3.8, 4) is 23.7 Å². The van der Waals surface area contributed by atoms with Crippen LogP contribution in [-0.4, -0.2) is 0 Å². The summed E-state index contributed by atoms with van der Waals surface area (Å²) < 4.78 is 0. The first-order valence-electron chi connectivity index (χ1n) is 10.2. The van der Waals surface area contributed by atoms with Crippen LogP contribution in [0, 0.1) is 23.7 Å². The molecule has 0 saturated carbocycles. The van der Waals surface area contributed by atoms with Crippen molar-refractivity contribution >= 4 is 44.7 Å². The Hall–Kier alpha value is -3.68. The van der Waals surface area contributed by atoms with Crippen molar-refractivity contribution in [3.63, 3.8) is 0 Å². The predicted octanol–water partition coefficient (Wildman–Crippen LogP) is 8.10. The van der Waals surface area contributed by atoms with Crippen LogP contribution in [0.5, 0.6) is 0 Å². The molecule has 0 radical (unpaired) electrons. The molecule has 0 heterocycles. The van der Waals surface area contributed by atoms with Gasteiger partial charge in [-0.2, -0.15) is 0 Å². The van der Waals surface area contributed by atoms with E-state index in [0.29, 0.717) is 10.0 Å². The van der Waals surface area contributed by atoms with Gasteiger partial charge in [-0.05, 0) is 36.4 Å². The minimum Gasteiger partial charge on any atom is -0.0836 e. The molecule has 0 atom stereocenters. The zero-order chi connectivity index (χ0) is 21.9. The van der Waals surface area contributed by atoms with Crippen LogP contribution in [0.4, 0.5) is 0 Å². The fraction of sp³-hybridized carbons (Fsp3) is 0. The zero-order valence-electron chi connectivity index (χ0n) is 17.0. The van der Waals surface area contributed by atoms with E-state index in [1.165, 1.54) is 0 Å². The fourth-order valence-corrected chi connectivity index (χ4v) is 4.35. The third-order valence-corrected chi connectivity index (χ3v) is 5.91. The van der Waals surface area contributed by atoms with Crippen LogP contribution < -0.4 is 0 Å². The molecule has 0 amide bonds. The number of fused-ring (bicyclic) bond motifs is 2. The monoisotopic (exact) mass is 446 g/mol. The molecule has 0 aliphatic carbocycles. The lowest BCUT2D eigenvalue weighted by molar-refractivity contribution is 1.64. The summed E-state index contributed by atoms with van der Waals surface area (Å²) in [5, 5.41) is 4.93. The van der Waals surface area contributed by atoms with E-state index in [4.69, 9.17) is 23.2 Å². The summed E-state index contributed by atoms with van der Waals surface area (Å²) in [5.74, 6) is 13.3. The van der Waals surface area contributed by atoms with Crippen molar-refractivity contribution in [1.82, 2.24) is 0 Å². The summed E-state index contributed by atoms with van der Waals surface area (Å²) in [4.78, 5) is 0. The lowest BCUT2D eigenvalue weighted by Crippen LogP contribution is -1.92. The number of hydrogen-bond acceptors (Lipinski definition) is 0. The molecule has 0 aromatic heterocycles. The third kappa shape index (κ3) is 3.84. The maximum absolute atomic E-state index is 6.73. The second-order valence-corrected chi connectivity index (χ2v) is 8.12. The molecule has 0 fully saturated rings. The van der Waals surface area contributed by atoms with Gasteiger partial charge < -0.3 is 0 Å². The molecule has 0 bridgehead atoms. The second kappa shape index (κ2) is 8.82. The number of benzene rings is 5. The molecule has 2 heteroatoms. The highest BCUT2D eigenvalue weighted by Gasteiger charge is 2.16. The van der Waals surface area contributed by atoms with Gasteiger partial charge in [-0.15, -0.1) is 0 Å². The SMILES string of the molecule is Clc1cccc2c(C#Cc3ccccc3)c3cccc(Cl)c3c(C#Cc3ccccc3)c12. The summed E-state index contributed by atoms with van der Waals surface area (Å²) in [5.41, 5.74) is 3.60. The molecule has 0 aliphatic rings. The minimum absolute atomic E-state index is 0.629. The summed E-state index contributed by atoms with van der Waals surface area (Å²) >= 11 is 13.5. The highest BCUT2D eigenvalue weighted by Crippen LogP contribution is 2.39. The standard InChI is InChI=1S/C30H16Cl2/c31-27-15-7-13-24-23(19-17-21-9-3-1-4-10-21)25-14-8-16-28(32)30(25)26(29(24)27)20-18-22-11-5-2-6-12-22/h1-16H. The Morgan fingerprint density at radius 2 is 0.844 bits per heavy atom. The lowest BCUT2D eigenvalue weighted by atomic mass is 9.91. The normalized spacial score (nSPS) is 10.3. The van der Waals surface area contributed by atoms with Crippen LogP contribution >= 0.6 is 23.2 Å². The van der Waals surface area contributed by atoms with Crippen molar-refractivity contribution in [2.45, 2.75) is 0 Å². The minimum atomic E-state index is 0.629. The fourth-order valence-electron chi connectivity index (χ4n) is 3.82. The molecular weight excluding hydrogens is 431 g/mol. The first-order valence-corrected chi connectivity index (χ1v) is 10.9. The van der Waals surface area contributed by atoms with Gasteiger partial charge >= 0.3 is 0 Å². The van der Waals surface area contributed by atoms with E-state index in [1.807, 2.05) is 97.1 Å². The van der Waals surface area contributed by atoms with Gasteiger partial charge in [0, 0.05) is 53.8 Å². The molecule has 150 valence electrons. The quantitative estimate of drug-likeness (QED) is 0.166. The zero-order valence-corrected chi connectivity index (χ0v) is 18.5. The van der Waals surface area contributed by atoms with E-state index in [1.54, 1.807) is 0 Å². The largest absolute Gasteiger partial charge is 0.0836 e. The molecular formula is C30H16Cl2. The Kier molecular flexibility index (Phi) is 5.58. The van der Waals surface area contributed by atoms with Crippen LogP contribution in [0.2, 0.25) is 10.0 Å². The highest BCUT2D eigenvalue weighted by molar-refractivity contribution is 6.40. The van der Waals surface area contributed by atoms with E-state index < -0.39 is 0 Å². The van der Waals surface area contributed by atoms with Crippen LogP contribution in [0.15, 0.2) is 97.1 Å². The van der Waals surface area contributed by atoms with Gasteiger partial charge in [0.2, 0.25) is 0 Å².